The summed E-state index contributed by atoms with van der Waals surface area (Å²) >= 11 is 0. The smallest absolute Gasteiger partial charge is 0.0101 e. The molecule has 2 unspecified atom stereocenters. The quantitative estimate of drug-likeness (QED) is 0.562. The molecule has 1 aliphatic heterocycles. The van der Waals surface area contributed by atoms with Crippen molar-refractivity contribution in [1.29, 1.82) is 0 Å². The first-order valence-electron chi connectivity index (χ1n) is 4.93. The van der Waals surface area contributed by atoms with Gasteiger partial charge in [-0.15, -0.1) is 0 Å². The third kappa shape index (κ3) is 1.20. The summed E-state index contributed by atoms with van der Waals surface area (Å²) in [6, 6.07) is 0.860. The van der Waals surface area contributed by atoms with Gasteiger partial charge in [-0.05, 0) is 37.1 Å². The Hall–Kier alpha value is -0.0400. The lowest BCUT2D eigenvalue weighted by Crippen LogP contribution is -2.39. The molecular formula is C10H19N. The van der Waals surface area contributed by atoms with Gasteiger partial charge >= 0.3 is 0 Å². The number of nitrogens with one attached hydrogen (secondary N) is 1. The van der Waals surface area contributed by atoms with Crippen LogP contribution in [0.2, 0.25) is 0 Å². The molecule has 0 aromatic carbocycles. The van der Waals surface area contributed by atoms with Crippen LogP contribution in [0.5, 0.6) is 0 Å². The molecule has 11 heavy (non-hydrogen) atoms. The molecule has 64 valence electrons. The minimum absolute atomic E-state index is 0.617. The van der Waals surface area contributed by atoms with E-state index in [2.05, 4.69) is 19.2 Å². The maximum atomic E-state index is 3.61. The Morgan fingerprint density at radius 3 is 2.82 bits per heavy atom. The van der Waals surface area contributed by atoms with Crippen LogP contribution in [0.15, 0.2) is 0 Å². The Kier molecular flexibility index (Phi) is 1.71. The summed E-state index contributed by atoms with van der Waals surface area (Å²) in [6.07, 6.45) is 5.71. The average Bonchev–Trinajstić information content (AvgIpc) is 2.34. The van der Waals surface area contributed by atoms with Gasteiger partial charge in [-0.3, -0.25) is 0 Å². The Bertz CT molecular complexity index is 151. The zero-order chi connectivity index (χ0) is 7.90. The lowest BCUT2D eigenvalue weighted by atomic mass is 9.67. The predicted molar refractivity (Wildman–Crippen MR) is 47.5 cm³/mol. The Balaban J connectivity index is 2.13. The molecule has 1 saturated heterocycles. The van der Waals surface area contributed by atoms with Crippen LogP contribution in [0.1, 0.15) is 39.5 Å². The largest absolute Gasteiger partial charge is 0.314 e. The van der Waals surface area contributed by atoms with Crippen molar-refractivity contribution >= 4 is 0 Å². The van der Waals surface area contributed by atoms with E-state index >= 15 is 0 Å². The van der Waals surface area contributed by atoms with Crippen LogP contribution in [0.4, 0.5) is 0 Å². The molecule has 0 spiro atoms. The summed E-state index contributed by atoms with van der Waals surface area (Å²) in [5, 5.41) is 3.61. The van der Waals surface area contributed by atoms with Crippen molar-refractivity contribution in [3.63, 3.8) is 0 Å². The maximum absolute atomic E-state index is 3.61. The first-order valence-corrected chi connectivity index (χ1v) is 4.93. The van der Waals surface area contributed by atoms with Gasteiger partial charge in [0, 0.05) is 6.04 Å². The standard InChI is InChI=1S/C10H19N/c1-10(2)6-3-4-9-8(10)5-7-11-9/h8-9,11H,3-7H2,1-2H3. The van der Waals surface area contributed by atoms with Crippen molar-refractivity contribution in [2.24, 2.45) is 11.3 Å². The first-order chi connectivity index (χ1) is 5.20. The van der Waals surface area contributed by atoms with Gasteiger partial charge in [0.1, 0.15) is 0 Å². The van der Waals surface area contributed by atoms with Crippen LogP contribution in [0, 0.1) is 11.3 Å². The summed E-state index contributed by atoms with van der Waals surface area (Å²) in [4.78, 5) is 0. The van der Waals surface area contributed by atoms with E-state index in [1.54, 1.807) is 0 Å². The van der Waals surface area contributed by atoms with Gasteiger partial charge in [-0.2, -0.15) is 0 Å². The molecule has 0 aromatic rings. The summed E-state index contributed by atoms with van der Waals surface area (Å²) in [5.41, 5.74) is 0.617. The third-order valence-electron chi connectivity index (χ3n) is 3.69. The maximum Gasteiger partial charge on any atom is 0.0101 e. The van der Waals surface area contributed by atoms with Gasteiger partial charge < -0.3 is 5.32 Å². The normalized spacial score (nSPS) is 42.0. The van der Waals surface area contributed by atoms with E-state index in [9.17, 15) is 0 Å². The zero-order valence-corrected chi connectivity index (χ0v) is 7.69. The summed E-state index contributed by atoms with van der Waals surface area (Å²) < 4.78 is 0. The molecule has 2 aliphatic rings. The van der Waals surface area contributed by atoms with Crippen molar-refractivity contribution < 1.29 is 0 Å². The molecule has 1 heterocycles. The van der Waals surface area contributed by atoms with Gasteiger partial charge in [0.15, 0.2) is 0 Å². The predicted octanol–water partition coefficient (Wildman–Crippen LogP) is 2.17. The Morgan fingerprint density at radius 1 is 1.27 bits per heavy atom. The average molecular weight is 153 g/mol. The lowest BCUT2D eigenvalue weighted by molar-refractivity contribution is 0.128. The van der Waals surface area contributed by atoms with Crippen molar-refractivity contribution in [1.82, 2.24) is 5.32 Å². The zero-order valence-electron chi connectivity index (χ0n) is 7.69. The van der Waals surface area contributed by atoms with E-state index in [1.807, 2.05) is 0 Å². The Labute approximate surface area is 69.6 Å². The fourth-order valence-electron chi connectivity index (χ4n) is 2.97. The molecule has 1 nitrogen and oxygen atoms in total. The molecule has 2 atom stereocenters. The second kappa shape index (κ2) is 2.48. The number of rotatable bonds is 0. The van der Waals surface area contributed by atoms with Crippen molar-refractivity contribution in [2.75, 3.05) is 6.54 Å². The van der Waals surface area contributed by atoms with Crippen LogP contribution >= 0.6 is 0 Å². The van der Waals surface area contributed by atoms with Crippen molar-refractivity contribution in [3.8, 4) is 0 Å². The van der Waals surface area contributed by atoms with Crippen molar-refractivity contribution in [3.05, 3.63) is 0 Å². The summed E-state index contributed by atoms with van der Waals surface area (Å²) in [6.45, 7) is 6.15. The fraction of sp³-hybridized carbons (Fsp3) is 1.00. The molecule has 0 radical (unpaired) electrons. The van der Waals surface area contributed by atoms with Crippen LogP contribution in [-0.4, -0.2) is 12.6 Å². The van der Waals surface area contributed by atoms with Crippen LogP contribution in [0.3, 0.4) is 0 Å². The molecule has 0 amide bonds. The lowest BCUT2D eigenvalue weighted by Gasteiger charge is -2.40. The number of hydrogen-bond donors (Lipinski definition) is 1. The Morgan fingerprint density at radius 2 is 2.09 bits per heavy atom. The van der Waals surface area contributed by atoms with Gasteiger partial charge in [0.25, 0.3) is 0 Å². The second-order valence-electron chi connectivity index (χ2n) is 4.84. The highest BCUT2D eigenvalue weighted by molar-refractivity contribution is 4.95. The molecule has 2 fully saturated rings. The summed E-state index contributed by atoms with van der Waals surface area (Å²) in [5.74, 6) is 0.969. The van der Waals surface area contributed by atoms with Gasteiger partial charge in [-0.25, -0.2) is 0 Å². The monoisotopic (exact) mass is 153 g/mol. The minimum Gasteiger partial charge on any atom is -0.314 e. The molecule has 1 saturated carbocycles. The van der Waals surface area contributed by atoms with Gasteiger partial charge in [-0.1, -0.05) is 20.3 Å². The molecule has 2 rings (SSSR count). The van der Waals surface area contributed by atoms with E-state index in [-0.39, 0.29) is 0 Å². The molecule has 0 bridgehead atoms. The molecule has 1 N–H and O–H groups in total. The second-order valence-corrected chi connectivity index (χ2v) is 4.84. The van der Waals surface area contributed by atoms with E-state index < -0.39 is 0 Å². The molecular weight excluding hydrogens is 134 g/mol. The fourth-order valence-corrected chi connectivity index (χ4v) is 2.97. The minimum atomic E-state index is 0.617. The molecule has 0 aromatic heterocycles. The first kappa shape index (κ1) is 7.60. The topological polar surface area (TPSA) is 12.0 Å². The van der Waals surface area contributed by atoms with Crippen LogP contribution in [0.25, 0.3) is 0 Å². The summed E-state index contributed by atoms with van der Waals surface area (Å²) in [7, 11) is 0. The van der Waals surface area contributed by atoms with E-state index in [0.717, 1.165) is 12.0 Å². The van der Waals surface area contributed by atoms with Crippen LogP contribution in [-0.2, 0) is 0 Å². The molecule has 1 aliphatic carbocycles. The van der Waals surface area contributed by atoms with Crippen molar-refractivity contribution in [2.45, 2.75) is 45.6 Å². The highest BCUT2D eigenvalue weighted by atomic mass is 15.0. The molecule has 1 heteroatoms. The highest BCUT2D eigenvalue weighted by Crippen LogP contribution is 2.44. The highest BCUT2D eigenvalue weighted by Gasteiger charge is 2.40. The van der Waals surface area contributed by atoms with E-state index in [1.165, 1.54) is 32.2 Å². The number of fused-ring (bicyclic) bond motifs is 1. The number of hydrogen-bond acceptors (Lipinski definition) is 1. The van der Waals surface area contributed by atoms with Crippen LogP contribution < -0.4 is 5.32 Å². The van der Waals surface area contributed by atoms with Gasteiger partial charge in [0.2, 0.25) is 0 Å². The third-order valence-corrected chi connectivity index (χ3v) is 3.69. The van der Waals surface area contributed by atoms with E-state index in [0.29, 0.717) is 5.41 Å². The SMILES string of the molecule is CC1(C)CCCC2NCCC21. The van der Waals surface area contributed by atoms with Gasteiger partial charge in [0.05, 0.1) is 0 Å². The van der Waals surface area contributed by atoms with E-state index in [4.69, 9.17) is 0 Å².